The Morgan fingerprint density at radius 2 is 1.59 bits per heavy atom. The third-order valence-electron chi connectivity index (χ3n) is 8.00. The average Bonchev–Trinajstić information content (AvgIpc) is 3.43. The molecular weight excluding hydrogens is 328 g/mol. The van der Waals surface area contributed by atoms with Crippen LogP contribution in [-0.2, 0) is 0 Å². The number of nitrogens with zero attached hydrogens (tertiary/aromatic N) is 2. The number of fused-ring (bicyclic) bond motifs is 1. The molecule has 2 unspecified atom stereocenters. The number of allylic oxidation sites excluding steroid dienone is 2. The molecular formula is C25H34N2. The Kier molecular flexibility index (Phi) is 4.14. The third-order valence-corrected chi connectivity index (χ3v) is 8.00. The highest BCUT2D eigenvalue weighted by atomic mass is 15.4. The molecule has 2 aliphatic carbocycles. The molecule has 2 heteroatoms. The molecule has 0 spiro atoms. The van der Waals surface area contributed by atoms with Crippen LogP contribution in [0.4, 0.5) is 5.69 Å². The Hall–Kier alpha value is -1.70. The molecule has 2 saturated carbocycles. The minimum atomic E-state index is 0.217. The van der Waals surface area contributed by atoms with Gasteiger partial charge in [0, 0.05) is 28.7 Å². The van der Waals surface area contributed by atoms with Crippen molar-refractivity contribution in [2.75, 3.05) is 4.90 Å². The van der Waals surface area contributed by atoms with Crippen molar-refractivity contribution in [3.8, 4) is 0 Å². The van der Waals surface area contributed by atoms with E-state index < -0.39 is 0 Å². The summed E-state index contributed by atoms with van der Waals surface area (Å²) in [6.45, 7) is 7.18. The van der Waals surface area contributed by atoms with Gasteiger partial charge in [0.25, 0.3) is 0 Å². The van der Waals surface area contributed by atoms with Crippen molar-refractivity contribution in [3.05, 3.63) is 53.5 Å². The van der Waals surface area contributed by atoms with Crippen LogP contribution in [0.2, 0.25) is 0 Å². The van der Waals surface area contributed by atoms with Gasteiger partial charge in [-0.2, -0.15) is 0 Å². The van der Waals surface area contributed by atoms with Crippen molar-refractivity contribution in [1.29, 1.82) is 0 Å². The van der Waals surface area contributed by atoms with Gasteiger partial charge in [-0.1, -0.05) is 56.9 Å². The lowest BCUT2D eigenvalue weighted by atomic mass is 9.74. The highest BCUT2D eigenvalue weighted by Gasteiger charge is 2.52. The zero-order valence-corrected chi connectivity index (χ0v) is 17.2. The SMILES string of the molecule is CC1=C2N(C=CC2(C)C2CCCC2)C(C2CCCC2)N1c1ccccc1C. The van der Waals surface area contributed by atoms with Gasteiger partial charge < -0.3 is 9.80 Å². The van der Waals surface area contributed by atoms with Gasteiger partial charge in [0.1, 0.15) is 6.17 Å². The second-order valence-corrected chi connectivity index (χ2v) is 9.54. The fourth-order valence-electron chi connectivity index (χ4n) is 6.61. The molecule has 2 heterocycles. The first-order valence-electron chi connectivity index (χ1n) is 11.1. The first-order valence-corrected chi connectivity index (χ1v) is 11.1. The second-order valence-electron chi connectivity index (χ2n) is 9.54. The van der Waals surface area contributed by atoms with Crippen LogP contribution in [0.15, 0.2) is 47.9 Å². The van der Waals surface area contributed by atoms with Crippen LogP contribution < -0.4 is 4.90 Å². The van der Waals surface area contributed by atoms with E-state index in [4.69, 9.17) is 0 Å². The molecule has 0 saturated heterocycles. The van der Waals surface area contributed by atoms with Gasteiger partial charge in [0.15, 0.2) is 0 Å². The van der Waals surface area contributed by atoms with Gasteiger partial charge in [0.2, 0.25) is 0 Å². The smallest absolute Gasteiger partial charge is 0.113 e. The van der Waals surface area contributed by atoms with Gasteiger partial charge in [-0.25, -0.2) is 0 Å². The summed E-state index contributed by atoms with van der Waals surface area (Å²) in [6, 6.07) is 8.99. The molecule has 0 N–H and O–H groups in total. The van der Waals surface area contributed by atoms with Crippen LogP contribution in [0.25, 0.3) is 0 Å². The number of rotatable bonds is 3. The van der Waals surface area contributed by atoms with E-state index in [1.807, 2.05) is 0 Å². The van der Waals surface area contributed by atoms with E-state index in [9.17, 15) is 0 Å². The first kappa shape index (κ1) is 17.4. The van der Waals surface area contributed by atoms with Crippen LogP contribution in [0.1, 0.15) is 70.8 Å². The van der Waals surface area contributed by atoms with Crippen molar-refractivity contribution in [1.82, 2.24) is 4.90 Å². The highest BCUT2D eigenvalue weighted by molar-refractivity contribution is 5.62. The Balaban J connectivity index is 1.62. The molecule has 4 aliphatic rings. The van der Waals surface area contributed by atoms with Gasteiger partial charge in [-0.15, -0.1) is 0 Å². The summed E-state index contributed by atoms with van der Waals surface area (Å²) in [5.41, 5.74) is 6.13. The minimum absolute atomic E-state index is 0.217. The fraction of sp³-hybridized carbons (Fsp3) is 0.600. The summed E-state index contributed by atoms with van der Waals surface area (Å²) in [7, 11) is 0. The van der Waals surface area contributed by atoms with Crippen LogP contribution in [0, 0.1) is 24.2 Å². The molecule has 0 radical (unpaired) electrons. The average molecular weight is 363 g/mol. The van der Waals surface area contributed by atoms with E-state index in [2.05, 4.69) is 67.1 Å². The molecule has 0 aromatic heterocycles. The molecule has 2 nitrogen and oxygen atoms in total. The number of aryl methyl sites for hydroxylation is 1. The summed E-state index contributed by atoms with van der Waals surface area (Å²) in [5, 5.41) is 0. The third kappa shape index (κ3) is 2.52. The van der Waals surface area contributed by atoms with E-state index >= 15 is 0 Å². The predicted octanol–water partition coefficient (Wildman–Crippen LogP) is 6.59. The monoisotopic (exact) mass is 362 g/mol. The molecule has 2 aliphatic heterocycles. The quantitative estimate of drug-likeness (QED) is 0.598. The van der Waals surface area contributed by atoms with E-state index in [0.717, 1.165) is 11.8 Å². The maximum atomic E-state index is 2.71. The maximum Gasteiger partial charge on any atom is 0.113 e. The van der Waals surface area contributed by atoms with Crippen LogP contribution >= 0.6 is 0 Å². The molecule has 0 amide bonds. The summed E-state index contributed by atoms with van der Waals surface area (Å²) in [5.74, 6) is 1.58. The molecule has 144 valence electrons. The molecule has 27 heavy (non-hydrogen) atoms. The maximum absolute atomic E-state index is 2.71. The van der Waals surface area contributed by atoms with Crippen LogP contribution in [-0.4, -0.2) is 11.1 Å². The summed E-state index contributed by atoms with van der Waals surface area (Å²) in [6.07, 6.45) is 16.6. The molecule has 0 bridgehead atoms. The molecule has 1 aromatic rings. The lowest BCUT2D eigenvalue weighted by Crippen LogP contribution is -2.43. The van der Waals surface area contributed by atoms with Gasteiger partial charge in [-0.3, -0.25) is 0 Å². The Labute approximate surface area is 164 Å². The summed E-state index contributed by atoms with van der Waals surface area (Å²) in [4.78, 5) is 5.40. The topological polar surface area (TPSA) is 6.48 Å². The first-order chi connectivity index (χ1) is 13.1. The number of benzene rings is 1. The molecule has 2 atom stereocenters. The Morgan fingerprint density at radius 3 is 2.30 bits per heavy atom. The van der Waals surface area contributed by atoms with Gasteiger partial charge in [-0.05, 0) is 63.0 Å². The van der Waals surface area contributed by atoms with E-state index in [-0.39, 0.29) is 5.41 Å². The van der Waals surface area contributed by atoms with Crippen LogP contribution in [0.3, 0.4) is 0 Å². The highest BCUT2D eigenvalue weighted by Crippen LogP contribution is 2.56. The van der Waals surface area contributed by atoms with Crippen molar-refractivity contribution in [2.45, 2.75) is 78.3 Å². The summed E-state index contributed by atoms with van der Waals surface area (Å²) < 4.78 is 0. The lowest BCUT2D eigenvalue weighted by molar-refractivity contribution is 0.226. The number of para-hydroxylation sites is 1. The van der Waals surface area contributed by atoms with Crippen molar-refractivity contribution >= 4 is 5.69 Å². The zero-order valence-electron chi connectivity index (χ0n) is 17.2. The van der Waals surface area contributed by atoms with Crippen LogP contribution in [0.5, 0.6) is 0 Å². The number of hydrogen-bond acceptors (Lipinski definition) is 2. The molecule has 5 rings (SSSR count). The van der Waals surface area contributed by atoms with E-state index in [1.165, 1.54) is 68.3 Å². The molecule has 1 aromatic carbocycles. The Bertz CT molecular complexity index is 779. The zero-order chi connectivity index (χ0) is 18.6. The minimum Gasteiger partial charge on any atom is -0.328 e. The number of hydrogen-bond donors (Lipinski definition) is 0. The lowest BCUT2D eigenvalue weighted by Gasteiger charge is -2.37. The van der Waals surface area contributed by atoms with Gasteiger partial charge in [0.05, 0.1) is 0 Å². The standard InChI is InChI=1S/C25H34N2/c1-18-10-4-9-15-22(18)27-19(2)23-25(3,21-13-7-8-14-21)16-17-26(23)24(27)20-11-5-6-12-20/h4,9-10,15-17,20-21,24H,5-8,11-14H2,1-3H3. The van der Waals surface area contributed by atoms with E-state index in [0.29, 0.717) is 6.17 Å². The van der Waals surface area contributed by atoms with Gasteiger partial charge >= 0.3 is 0 Å². The van der Waals surface area contributed by atoms with E-state index in [1.54, 1.807) is 5.70 Å². The second kappa shape index (κ2) is 6.43. The number of anilines is 1. The Morgan fingerprint density at radius 1 is 0.926 bits per heavy atom. The largest absolute Gasteiger partial charge is 0.328 e. The van der Waals surface area contributed by atoms with Crippen molar-refractivity contribution in [2.24, 2.45) is 17.3 Å². The predicted molar refractivity (Wildman–Crippen MR) is 113 cm³/mol. The van der Waals surface area contributed by atoms with Crippen molar-refractivity contribution < 1.29 is 0 Å². The molecule has 2 fully saturated rings. The van der Waals surface area contributed by atoms with Crippen molar-refractivity contribution in [3.63, 3.8) is 0 Å². The fourth-order valence-corrected chi connectivity index (χ4v) is 6.61. The summed E-state index contributed by atoms with van der Waals surface area (Å²) >= 11 is 0. The normalized spacial score (nSPS) is 31.6.